The third-order valence-corrected chi connectivity index (χ3v) is 2.51. The van der Waals surface area contributed by atoms with Gasteiger partial charge in [0.15, 0.2) is 5.75 Å². The molecular formula is C10H7ClF5NO4. The van der Waals surface area contributed by atoms with Crippen LogP contribution in [0.3, 0.4) is 0 Å². The van der Waals surface area contributed by atoms with Crippen molar-refractivity contribution < 1.29 is 36.2 Å². The van der Waals surface area contributed by atoms with E-state index in [4.69, 9.17) is 0 Å². The SMILES string of the molecule is COC(=O)c1c(C(F)(F)F)[nH]c(C(F)(F)Cl)c(OC)c1=O. The van der Waals surface area contributed by atoms with Gasteiger partial charge in [-0.3, -0.25) is 4.79 Å². The number of ether oxygens (including phenoxy) is 2. The van der Waals surface area contributed by atoms with Crippen LogP contribution < -0.4 is 10.2 Å². The smallest absolute Gasteiger partial charge is 0.432 e. The van der Waals surface area contributed by atoms with Crippen LogP contribution in [-0.4, -0.2) is 25.2 Å². The van der Waals surface area contributed by atoms with Crippen LogP contribution in [0, 0.1) is 0 Å². The third-order valence-electron chi connectivity index (χ3n) is 2.32. The number of hydrogen-bond acceptors (Lipinski definition) is 4. The predicted octanol–water partition coefficient (Wildman–Crippen LogP) is 2.48. The molecule has 0 radical (unpaired) electrons. The second-order valence-electron chi connectivity index (χ2n) is 3.60. The number of halogens is 6. The van der Waals surface area contributed by atoms with Gasteiger partial charge in [-0.2, -0.15) is 22.0 Å². The highest BCUT2D eigenvalue weighted by atomic mass is 35.5. The molecule has 0 aliphatic rings. The molecule has 1 aromatic heterocycles. The van der Waals surface area contributed by atoms with Crippen molar-refractivity contribution in [2.24, 2.45) is 0 Å². The molecule has 21 heavy (non-hydrogen) atoms. The van der Waals surface area contributed by atoms with Gasteiger partial charge in [-0.25, -0.2) is 4.79 Å². The van der Waals surface area contributed by atoms with E-state index in [1.54, 1.807) is 0 Å². The monoisotopic (exact) mass is 335 g/mol. The largest absolute Gasteiger partial charge is 0.491 e. The fourth-order valence-corrected chi connectivity index (χ4v) is 1.62. The number of aromatic amines is 1. The van der Waals surface area contributed by atoms with Crippen LogP contribution in [-0.2, 0) is 16.3 Å². The van der Waals surface area contributed by atoms with Gasteiger partial charge in [0.25, 0.3) is 0 Å². The van der Waals surface area contributed by atoms with Crippen LogP contribution in [0.5, 0.6) is 5.75 Å². The number of aromatic nitrogens is 1. The van der Waals surface area contributed by atoms with Crippen molar-refractivity contribution >= 4 is 17.6 Å². The zero-order valence-electron chi connectivity index (χ0n) is 10.4. The first-order chi connectivity index (χ1) is 9.45. The predicted molar refractivity (Wildman–Crippen MR) is 59.7 cm³/mol. The lowest BCUT2D eigenvalue weighted by atomic mass is 10.1. The van der Waals surface area contributed by atoms with Gasteiger partial charge in [0, 0.05) is 0 Å². The number of pyridine rings is 1. The lowest BCUT2D eigenvalue weighted by Gasteiger charge is -2.18. The summed E-state index contributed by atoms with van der Waals surface area (Å²) >= 11 is 4.64. The summed E-state index contributed by atoms with van der Waals surface area (Å²) in [6.45, 7) is 0. The van der Waals surface area contributed by atoms with Crippen molar-refractivity contribution in [1.82, 2.24) is 4.98 Å². The average molecular weight is 336 g/mol. The van der Waals surface area contributed by atoms with Crippen LogP contribution >= 0.6 is 11.6 Å². The van der Waals surface area contributed by atoms with Gasteiger partial charge in [0.1, 0.15) is 17.0 Å². The van der Waals surface area contributed by atoms with Crippen LogP contribution in [0.1, 0.15) is 21.7 Å². The van der Waals surface area contributed by atoms with E-state index >= 15 is 0 Å². The number of carbonyl (C=O) groups is 1. The van der Waals surface area contributed by atoms with Crippen LogP contribution in [0.2, 0.25) is 0 Å². The second kappa shape index (κ2) is 5.51. The number of rotatable bonds is 3. The fourth-order valence-electron chi connectivity index (χ4n) is 1.49. The Morgan fingerprint density at radius 3 is 2.00 bits per heavy atom. The van der Waals surface area contributed by atoms with Crippen molar-refractivity contribution in [2.45, 2.75) is 11.6 Å². The Morgan fingerprint density at radius 2 is 1.67 bits per heavy atom. The fraction of sp³-hybridized carbons (Fsp3) is 0.400. The number of H-pyrrole nitrogens is 1. The zero-order chi connectivity index (χ0) is 16.6. The number of esters is 1. The molecule has 0 atom stereocenters. The topological polar surface area (TPSA) is 68.4 Å². The Balaban J connectivity index is 3.91. The van der Waals surface area contributed by atoms with Crippen molar-refractivity contribution in [3.63, 3.8) is 0 Å². The molecule has 0 fully saturated rings. The van der Waals surface area contributed by atoms with E-state index in [0.29, 0.717) is 0 Å². The number of hydrogen-bond donors (Lipinski definition) is 1. The molecule has 1 N–H and O–H groups in total. The summed E-state index contributed by atoms with van der Waals surface area (Å²) in [6, 6.07) is 0. The van der Waals surface area contributed by atoms with Crippen molar-refractivity contribution in [3.05, 3.63) is 27.2 Å². The summed E-state index contributed by atoms with van der Waals surface area (Å²) in [5.74, 6) is -2.88. The van der Waals surface area contributed by atoms with E-state index < -0.39 is 45.7 Å². The third kappa shape index (κ3) is 3.26. The minimum atomic E-state index is -5.30. The van der Waals surface area contributed by atoms with Gasteiger partial charge in [0.05, 0.1) is 14.2 Å². The van der Waals surface area contributed by atoms with Crippen molar-refractivity contribution in [1.29, 1.82) is 0 Å². The van der Waals surface area contributed by atoms with Gasteiger partial charge < -0.3 is 14.5 Å². The number of nitrogens with one attached hydrogen (secondary N) is 1. The molecule has 0 aliphatic carbocycles. The molecule has 0 spiro atoms. The highest BCUT2D eigenvalue weighted by Crippen LogP contribution is 2.39. The molecule has 1 heterocycles. The highest BCUT2D eigenvalue weighted by Gasteiger charge is 2.44. The summed E-state index contributed by atoms with van der Waals surface area (Å²) in [5, 5.41) is -4.35. The lowest BCUT2D eigenvalue weighted by Crippen LogP contribution is -2.29. The van der Waals surface area contributed by atoms with Gasteiger partial charge in [-0.05, 0) is 11.6 Å². The molecule has 0 unspecified atom stereocenters. The summed E-state index contributed by atoms with van der Waals surface area (Å²) < 4.78 is 73.0. The van der Waals surface area contributed by atoms with Crippen LogP contribution in [0.4, 0.5) is 22.0 Å². The maximum Gasteiger partial charge on any atom is 0.432 e. The average Bonchev–Trinajstić information content (AvgIpc) is 2.34. The molecule has 0 amide bonds. The van der Waals surface area contributed by atoms with Gasteiger partial charge in [0.2, 0.25) is 5.43 Å². The summed E-state index contributed by atoms with van der Waals surface area (Å²) in [5.41, 5.74) is -6.84. The van der Waals surface area contributed by atoms with Crippen molar-refractivity contribution in [3.8, 4) is 5.75 Å². The summed E-state index contributed by atoms with van der Waals surface area (Å²) in [4.78, 5) is 24.3. The Hall–Kier alpha value is -1.84. The van der Waals surface area contributed by atoms with Crippen molar-refractivity contribution in [2.75, 3.05) is 14.2 Å². The minimum absolute atomic E-state index is 0.721. The Labute approximate surface area is 118 Å². The maximum atomic E-state index is 13.1. The molecule has 0 saturated carbocycles. The molecule has 0 bridgehead atoms. The quantitative estimate of drug-likeness (QED) is 0.523. The van der Waals surface area contributed by atoms with E-state index in [-0.39, 0.29) is 0 Å². The Kier molecular flexibility index (Phi) is 4.51. The molecule has 0 aromatic carbocycles. The molecule has 0 saturated heterocycles. The first-order valence-corrected chi connectivity index (χ1v) is 5.39. The van der Waals surface area contributed by atoms with E-state index in [9.17, 15) is 31.5 Å². The Bertz CT molecular complexity index is 620. The minimum Gasteiger partial charge on any atom is -0.491 e. The molecule has 1 aromatic rings. The van der Waals surface area contributed by atoms with Gasteiger partial charge in [-0.15, -0.1) is 0 Å². The molecule has 5 nitrogen and oxygen atoms in total. The molecular weight excluding hydrogens is 329 g/mol. The van der Waals surface area contributed by atoms with Gasteiger partial charge >= 0.3 is 17.5 Å². The standard InChI is InChI=1S/C10H7ClF5NO4/c1-20-5-4(18)3(8(19)21-2)6(10(14,15)16)17-7(5)9(11,12)13/h1-2H3,(H,17,18). The molecule has 11 heteroatoms. The number of alkyl halides is 6. The van der Waals surface area contributed by atoms with Gasteiger partial charge in [-0.1, -0.05) is 0 Å². The number of methoxy groups -OCH3 is 2. The Morgan fingerprint density at radius 1 is 1.14 bits per heavy atom. The highest BCUT2D eigenvalue weighted by molar-refractivity contribution is 6.21. The van der Waals surface area contributed by atoms with E-state index in [1.807, 2.05) is 0 Å². The molecule has 0 aliphatic heterocycles. The van der Waals surface area contributed by atoms with E-state index in [0.717, 1.165) is 14.2 Å². The molecule has 118 valence electrons. The number of carbonyl (C=O) groups excluding carboxylic acids is 1. The molecule has 1 rings (SSSR count). The first-order valence-electron chi connectivity index (χ1n) is 5.02. The normalized spacial score (nSPS) is 12.2. The summed E-state index contributed by atoms with van der Waals surface area (Å²) in [7, 11) is 1.48. The lowest BCUT2D eigenvalue weighted by molar-refractivity contribution is -0.142. The maximum absolute atomic E-state index is 13.1. The van der Waals surface area contributed by atoms with Crippen LogP contribution in [0.15, 0.2) is 4.79 Å². The van der Waals surface area contributed by atoms with E-state index in [1.165, 1.54) is 4.98 Å². The first kappa shape index (κ1) is 17.2. The van der Waals surface area contributed by atoms with E-state index in [2.05, 4.69) is 21.1 Å². The second-order valence-corrected chi connectivity index (χ2v) is 4.07. The van der Waals surface area contributed by atoms with Crippen LogP contribution in [0.25, 0.3) is 0 Å². The summed E-state index contributed by atoms with van der Waals surface area (Å²) in [6.07, 6.45) is -5.30. The zero-order valence-corrected chi connectivity index (χ0v) is 11.2.